The molecule has 0 aromatic rings. The van der Waals surface area contributed by atoms with Crippen LogP contribution in [-0.4, -0.2) is 30.2 Å². The van der Waals surface area contributed by atoms with Crippen molar-refractivity contribution in [2.24, 2.45) is 0 Å². The third-order valence-electron chi connectivity index (χ3n) is 2.19. The molecule has 0 spiro atoms. The molecule has 1 fully saturated rings. The van der Waals surface area contributed by atoms with Crippen LogP contribution in [-0.2, 0) is 9.47 Å². The Morgan fingerprint density at radius 3 is 2.67 bits per heavy atom. The van der Waals surface area contributed by atoms with Crippen LogP contribution in [0.15, 0.2) is 0 Å². The fourth-order valence-corrected chi connectivity index (χ4v) is 1.49. The topological polar surface area (TPSA) is 38.7 Å². The second-order valence-corrected chi connectivity index (χ2v) is 3.42. The average Bonchev–Trinajstić information content (AvgIpc) is 2.03. The van der Waals surface area contributed by atoms with E-state index in [9.17, 15) is 0 Å². The lowest BCUT2D eigenvalue weighted by atomic mass is 10.0. The van der Waals surface area contributed by atoms with Crippen LogP contribution in [0.25, 0.3) is 0 Å². The van der Waals surface area contributed by atoms with Gasteiger partial charge in [-0.3, -0.25) is 0 Å². The van der Waals surface area contributed by atoms with Gasteiger partial charge in [-0.2, -0.15) is 0 Å². The monoisotopic (exact) mass is 174 g/mol. The first-order chi connectivity index (χ1) is 5.72. The summed E-state index contributed by atoms with van der Waals surface area (Å²) in [6.07, 6.45) is 2.90. The van der Waals surface area contributed by atoms with E-state index >= 15 is 0 Å². The number of ether oxygens (including phenoxy) is 2. The van der Waals surface area contributed by atoms with Gasteiger partial charge in [0.1, 0.15) is 6.79 Å². The van der Waals surface area contributed by atoms with Gasteiger partial charge in [-0.25, -0.2) is 0 Å². The lowest BCUT2D eigenvalue weighted by molar-refractivity contribution is -0.181. The summed E-state index contributed by atoms with van der Waals surface area (Å²) in [5.74, 6) is 0. The Morgan fingerprint density at radius 1 is 1.42 bits per heavy atom. The Hall–Kier alpha value is -0.120. The SMILES string of the molecule is CCC1CC(CC(C)O)OCO1. The van der Waals surface area contributed by atoms with Crippen LogP contribution in [0, 0.1) is 0 Å². The lowest BCUT2D eigenvalue weighted by Crippen LogP contribution is -2.32. The zero-order valence-corrected chi connectivity index (χ0v) is 7.82. The molecule has 12 heavy (non-hydrogen) atoms. The van der Waals surface area contributed by atoms with Crippen molar-refractivity contribution in [3.05, 3.63) is 0 Å². The quantitative estimate of drug-likeness (QED) is 0.701. The summed E-state index contributed by atoms with van der Waals surface area (Å²) in [7, 11) is 0. The number of hydrogen-bond acceptors (Lipinski definition) is 3. The van der Waals surface area contributed by atoms with Gasteiger partial charge < -0.3 is 14.6 Å². The molecule has 3 heteroatoms. The molecule has 0 aliphatic carbocycles. The van der Waals surface area contributed by atoms with E-state index in [1.54, 1.807) is 6.92 Å². The molecule has 0 amide bonds. The summed E-state index contributed by atoms with van der Waals surface area (Å²) >= 11 is 0. The van der Waals surface area contributed by atoms with E-state index in [0.29, 0.717) is 12.9 Å². The van der Waals surface area contributed by atoms with Crippen molar-refractivity contribution in [3.8, 4) is 0 Å². The first kappa shape index (κ1) is 9.96. The van der Waals surface area contributed by atoms with Crippen LogP contribution >= 0.6 is 0 Å². The Bertz CT molecular complexity index is 125. The molecular weight excluding hydrogens is 156 g/mol. The maximum absolute atomic E-state index is 9.14. The fraction of sp³-hybridized carbons (Fsp3) is 1.00. The van der Waals surface area contributed by atoms with Crippen LogP contribution < -0.4 is 0 Å². The predicted molar refractivity (Wildman–Crippen MR) is 45.8 cm³/mol. The van der Waals surface area contributed by atoms with Gasteiger partial charge in [0.15, 0.2) is 0 Å². The molecule has 0 aromatic heterocycles. The molecule has 1 aliphatic heterocycles. The van der Waals surface area contributed by atoms with Crippen molar-refractivity contribution >= 4 is 0 Å². The van der Waals surface area contributed by atoms with Crippen LogP contribution in [0.2, 0.25) is 0 Å². The van der Waals surface area contributed by atoms with Gasteiger partial charge >= 0.3 is 0 Å². The summed E-state index contributed by atoms with van der Waals surface area (Å²) in [4.78, 5) is 0. The van der Waals surface area contributed by atoms with E-state index in [2.05, 4.69) is 6.92 Å². The smallest absolute Gasteiger partial charge is 0.147 e. The van der Waals surface area contributed by atoms with Crippen molar-refractivity contribution in [2.75, 3.05) is 6.79 Å². The standard InChI is InChI=1S/C9H18O3/c1-3-8-5-9(4-7(2)10)12-6-11-8/h7-10H,3-6H2,1-2H3. The Kier molecular flexibility index (Phi) is 3.98. The summed E-state index contributed by atoms with van der Waals surface area (Å²) in [6.45, 7) is 4.28. The van der Waals surface area contributed by atoms with Gasteiger partial charge in [0, 0.05) is 6.42 Å². The summed E-state index contributed by atoms with van der Waals surface area (Å²) in [6, 6.07) is 0. The molecular formula is C9H18O3. The number of rotatable bonds is 3. The molecule has 3 atom stereocenters. The van der Waals surface area contributed by atoms with Crippen molar-refractivity contribution in [1.82, 2.24) is 0 Å². The van der Waals surface area contributed by atoms with Gasteiger partial charge in [-0.05, 0) is 19.8 Å². The molecule has 72 valence electrons. The molecule has 1 heterocycles. The zero-order valence-electron chi connectivity index (χ0n) is 7.82. The Morgan fingerprint density at radius 2 is 2.08 bits per heavy atom. The van der Waals surface area contributed by atoms with Gasteiger partial charge in [0.2, 0.25) is 0 Å². The largest absolute Gasteiger partial charge is 0.393 e. The maximum atomic E-state index is 9.14. The first-order valence-electron chi connectivity index (χ1n) is 4.63. The second kappa shape index (κ2) is 4.80. The molecule has 1 rings (SSSR count). The van der Waals surface area contributed by atoms with Crippen LogP contribution in [0.4, 0.5) is 0 Å². The third kappa shape index (κ3) is 3.09. The molecule has 3 unspecified atom stereocenters. The third-order valence-corrected chi connectivity index (χ3v) is 2.19. The zero-order chi connectivity index (χ0) is 8.97. The molecule has 0 saturated carbocycles. The van der Waals surface area contributed by atoms with Gasteiger partial charge in [0.05, 0.1) is 18.3 Å². The highest BCUT2D eigenvalue weighted by atomic mass is 16.7. The van der Waals surface area contributed by atoms with Crippen molar-refractivity contribution < 1.29 is 14.6 Å². The van der Waals surface area contributed by atoms with Crippen molar-refractivity contribution in [3.63, 3.8) is 0 Å². The molecule has 1 aliphatic rings. The number of aliphatic hydroxyl groups excluding tert-OH is 1. The average molecular weight is 174 g/mol. The molecule has 0 radical (unpaired) electrons. The highest BCUT2D eigenvalue weighted by Gasteiger charge is 2.22. The van der Waals surface area contributed by atoms with E-state index in [1.807, 2.05) is 0 Å². The minimum absolute atomic E-state index is 0.184. The highest BCUT2D eigenvalue weighted by Crippen LogP contribution is 2.19. The maximum Gasteiger partial charge on any atom is 0.147 e. The Labute approximate surface area is 73.7 Å². The van der Waals surface area contributed by atoms with Gasteiger partial charge in [-0.15, -0.1) is 0 Å². The van der Waals surface area contributed by atoms with E-state index in [1.165, 1.54) is 0 Å². The van der Waals surface area contributed by atoms with Gasteiger partial charge in [0.25, 0.3) is 0 Å². The van der Waals surface area contributed by atoms with E-state index in [4.69, 9.17) is 14.6 Å². The number of hydrogen-bond donors (Lipinski definition) is 1. The first-order valence-corrected chi connectivity index (χ1v) is 4.63. The molecule has 3 nitrogen and oxygen atoms in total. The summed E-state index contributed by atoms with van der Waals surface area (Å²) in [5, 5.41) is 9.14. The second-order valence-electron chi connectivity index (χ2n) is 3.42. The van der Waals surface area contributed by atoms with Crippen LogP contribution in [0.5, 0.6) is 0 Å². The molecule has 0 aromatic carbocycles. The van der Waals surface area contributed by atoms with E-state index in [-0.39, 0.29) is 12.2 Å². The van der Waals surface area contributed by atoms with Crippen LogP contribution in [0.1, 0.15) is 33.1 Å². The van der Waals surface area contributed by atoms with Crippen molar-refractivity contribution in [1.29, 1.82) is 0 Å². The van der Waals surface area contributed by atoms with Gasteiger partial charge in [-0.1, -0.05) is 6.92 Å². The van der Waals surface area contributed by atoms with E-state index < -0.39 is 0 Å². The molecule has 1 N–H and O–H groups in total. The lowest BCUT2D eigenvalue weighted by Gasteiger charge is -2.29. The fourth-order valence-electron chi connectivity index (χ4n) is 1.49. The normalized spacial score (nSPS) is 33.2. The van der Waals surface area contributed by atoms with Crippen molar-refractivity contribution in [2.45, 2.75) is 51.4 Å². The van der Waals surface area contributed by atoms with E-state index in [0.717, 1.165) is 19.3 Å². The highest BCUT2D eigenvalue weighted by molar-refractivity contribution is 4.70. The minimum Gasteiger partial charge on any atom is -0.393 e. The Balaban J connectivity index is 2.25. The minimum atomic E-state index is -0.273. The summed E-state index contributed by atoms with van der Waals surface area (Å²) in [5.41, 5.74) is 0. The molecule has 1 saturated heterocycles. The molecule has 0 bridgehead atoms. The summed E-state index contributed by atoms with van der Waals surface area (Å²) < 4.78 is 10.7. The van der Waals surface area contributed by atoms with Crippen LogP contribution in [0.3, 0.4) is 0 Å². The number of aliphatic hydroxyl groups is 1. The predicted octanol–water partition coefficient (Wildman–Crippen LogP) is 1.30.